The van der Waals surface area contributed by atoms with Crippen molar-refractivity contribution in [1.29, 1.82) is 0 Å². The molecular weight excluding hydrogens is 410 g/mol. The molecule has 0 aliphatic heterocycles. The minimum Gasteiger partial charge on any atom is -0.468 e. The lowest BCUT2D eigenvalue weighted by molar-refractivity contribution is -0.115. The summed E-state index contributed by atoms with van der Waals surface area (Å²) in [6, 6.07) is 13.7. The van der Waals surface area contributed by atoms with E-state index in [-0.39, 0.29) is 12.3 Å². The van der Waals surface area contributed by atoms with E-state index in [1.807, 2.05) is 61.7 Å². The third kappa shape index (κ3) is 5.93. The van der Waals surface area contributed by atoms with Crippen LogP contribution in [0, 0.1) is 13.8 Å². The van der Waals surface area contributed by atoms with E-state index in [1.165, 1.54) is 11.3 Å². The molecule has 3 heterocycles. The Morgan fingerprint density at radius 2 is 1.74 bits per heavy atom. The molecular formula is C24H25N3O3S. The van der Waals surface area contributed by atoms with Gasteiger partial charge >= 0.3 is 0 Å². The van der Waals surface area contributed by atoms with Crippen molar-refractivity contribution in [3.05, 3.63) is 93.7 Å². The third-order valence-corrected chi connectivity index (χ3v) is 5.78. The molecule has 0 bridgehead atoms. The zero-order chi connectivity index (χ0) is 21.6. The molecule has 0 aliphatic rings. The fourth-order valence-corrected chi connectivity index (χ4v) is 4.13. The van der Waals surface area contributed by atoms with Gasteiger partial charge < -0.3 is 14.2 Å². The minimum atomic E-state index is -0.0578. The molecule has 4 rings (SSSR count). The molecule has 7 heteroatoms. The second kappa shape index (κ2) is 9.76. The summed E-state index contributed by atoms with van der Waals surface area (Å²) in [6.07, 6.45) is 3.61. The Morgan fingerprint density at radius 1 is 1.03 bits per heavy atom. The molecule has 0 fully saturated rings. The van der Waals surface area contributed by atoms with Gasteiger partial charge in [0.2, 0.25) is 5.91 Å². The maximum absolute atomic E-state index is 12.5. The fourth-order valence-electron chi connectivity index (χ4n) is 3.35. The topological polar surface area (TPSA) is 71.5 Å². The number of aromatic nitrogens is 1. The van der Waals surface area contributed by atoms with Gasteiger partial charge in [-0.15, -0.1) is 11.3 Å². The van der Waals surface area contributed by atoms with Crippen LogP contribution in [0.5, 0.6) is 0 Å². The molecule has 0 aliphatic carbocycles. The first-order valence-corrected chi connectivity index (χ1v) is 11.0. The number of nitrogens with zero attached hydrogens (tertiary/aromatic N) is 2. The minimum absolute atomic E-state index is 0.0578. The van der Waals surface area contributed by atoms with Gasteiger partial charge in [0.15, 0.2) is 0 Å². The van der Waals surface area contributed by atoms with E-state index in [1.54, 1.807) is 12.5 Å². The summed E-state index contributed by atoms with van der Waals surface area (Å²) in [5, 5.41) is 5.81. The highest BCUT2D eigenvalue weighted by molar-refractivity contribution is 7.09. The average Bonchev–Trinajstić information content (AvgIpc) is 3.49. The number of carbonyl (C=O) groups is 1. The molecule has 0 unspecified atom stereocenters. The number of hydrogen-bond acceptors (Lipinski definition) is 6. The lowest BCUT2D eigenvalue weighted by Gasteiger charge is -2.18. The Kier molecular flexibility index (Phi) is 6.64. The molecule has 0 spiro atoms. The van der Waals surface area contributed by atoms with Crippen molar-refractivity contribution in [1.82, 2.24) is 9.88 Å². The van der Waals surface area contributed by atoms with Crippen LogP contribution in [0.2, 0.25) is 0 Å². The quantitative estimate of drug-likeness (QED) is 0.385. The number of furan rings is 2. The molecule has 1 amide bonds. The normalized spacial score (nSPS) is 11.2. The van der Waals surface area contributed by atoms with E-state index < -0.39 is 0 Å². The third-order valence-electron chi connectivity index (χ3n) is 4.88. The van der Waals surface area contributed by atoms with Gasteiger partial charge in [-0.25, -0.2) is 4.98 Å². The van der Waals surface area contributed by atoms with Crippen molar-refractivity contribution in [3.8, 4) is 0 Å². The van der Waals surface area contributed by atoms with Gasteiger partial charge in [-0.3, -0.25) is 9.69 Å². The standard InChI is InChI=1S/C24H25N3O3S/c1-17-7-8-18(2)22(11-17)26-23(28)12-24-25-19(16-31-24)13-27(14-20-5-3-9-29-20)15-21-6-4-10-30-21/h3-11,16H,12-15H2,1-2H3,(H,26,28). The van der Waals surface area contributed by atoms with Crippen LogP contribution in [0.1, 0.15) is 33.3 Å². The van der Waals surface area contributed by atoms with Gasteiger partial charge in [-0.05, 0) is 55.3 Å². The molecule has 1 aromatic carbocycles. The van der Waals surface area contributed by atoms with Crippen LogP contribution in [0.3, 0.4) is 0 Å². The number of nitrogens with one attached hydrogen (secondary N) is 1. The zero-order valence-electron chi connectivity index (χ0n) is 17.6. The second-order valence-electron chi connectivity index (χ2n) is 7.58. The van der Waals surface area contributed by atoms with Crippen LogP contribution in [0.15, 0.2) is 69.2 Å². The smallest absolute Gasteiger partial charge is 0.231 e. The van der Waals surface area contributed by atoms with Crippen LogP contribution < -0.4 is 5.32 Å². The number of benzene rings is 1. The predicted octanol–water partition coefficient (Wildman–Crippen LogP) is 5.33. The number of rotatable bonds is 9. The second-order valence-corrected chi connectivity index (χ2v) is 8.52. The molecule has 0 saturated carbocycles. The van der Waals surface area contributed by atoms with Crippen molar-refractivity contribution >= 4 is 22.9 Å². The number of hydrogen-bond donors (Lipinski definition) is 1. The number of thiazole rings is 1. The summed E-state index contributed by atoms with van der Waals surface area (Å²) < 4.78 is 11.0. The lowest BCUT2D eigenvalue weighted by Crippen LogP contribution is -2.22. The maximum Gasteiger partial charge on any atom is 0.231 e. The summed E-state index contributed by atoms with van der Waals surface area (Å²) in [6.45, 7) is 5.93. The summed E-state index contributed by atoms with van der Waals surface area (Å²) in [5.74, 6) is 1.71. The summed E-state index contributed by atoms with van der Waals surface area (Å²) in [5.41, 5.74) is 3.94. The first kappa shape index (κ1) is 21.1. The van der Waals surface area contributed by atoms with Crippen molar-refractivity contribution in [2.45, 2.75) is 39.9 Å². The Balaban J connectivity index is 1.39. The molecule has 6 nitrogen and oxygen atoms in total. The summed E-state index contributed by atoms with van der Waals surface area (Å²) >= 11 is 1.51. The first-order valence-electron chi connectivity index (χ1n) is 10.1. The Morgan fingerprint density at radius 3 is 2.39 bits per heavy atom. The van der Waals surface area contributed by atoms with E-state index in [4.69, 9.17) is 8.83 Å². The van der Waals surface area contributed by atoms with Gasteiger partial charge in [0, 0.05) is 17.6 Å². The molecule has 0 radical (unpaired) electrons. The van der Waals surface area contributed by atoms with Crippen LogP contribution in [-0.2, 0) is 30.8 Å². The van der Waals surface area contributed by atoms with Crippen molar-refractivity contribution in [3.63, 3.8) is 0 Å². The number of amides is 1. The maximum atomic E-state index is 12.5. The Bertz CT molecular complexity index is 1080. The van der Waals surface area contributed by atoms with Gasteiger partial charge in [0.1, 0.15) is 16.5 Å². The molecule has 4 aromatic rings. The number of carbonyl (C=O) groups excluding carboxylic acids is 1. The van der Waals surface area contributed by atoms with Crippen molar-refractivity contribution in [2.24, 2.45) is 0 Å². The SMILES string of the molecule is Cc1ccc(C)c(NC(=O)Cc2nc(CN(Cc3ccco3)Cc3ccco3)cs2)c1. The molecule has 1 N–H and O–H groups in total. The van der Waals surface area contributed by atoms with E-state index in [0.717, 1.165) is 39.0 Å². The predicted molar refractivity (Wildman–Crippen MR) is 121 cm³/mol. The van der Waals surface area contributed by atoms with Gasteiger partial charge in [-0.1, -0.05) is 12.1 Å². The highest BCUT2D eigenvalue weighted by Gasteiger charge is 2.15. The van der Waals surface area contributed by atoms with Gasteiger partial charge in [0.05, 0.1) is 37.7 Å². The molecule has 3 aromatic heterocycles. The van der Waals surface area contributed by atoms with Crippen LogP contribution in [0.25, 0.3) is 0 Å². The summed E-state index contributed by atoms with van der Waals surface area (Å²) in [7, 11) is 0. The van der Waals surface area contributed by atoms with Gasteiger partial charge in [-0.2, -0.15) is 0 Å². The first-order chi connectivity index (χ1) is 15.0. The highest BCUT2D eigenvalue weighted by atomic mass is 32.1. The van der Waals surface area contributed by atoms with E-state index >= 15 is 0 Å². The van der Waals surface area contributed by atoms with Crippen LogP contribution >= 0.6 is 11.3 Å². The average molecular weight is 436 g/mol. The Hall–Kier alpha value is -3.16. The van der Waals surface area contributed by atoms with Crippen molar-refractivity contribution in [2.75, 3.05) is 5.32 Å². The van der Waals surface area contributed by atoms with E-state index in [2.05, 4.69) is 15.2 Å². The summed E-state index contributed by atoms with van der Waals surface area (Å²) in [4.78, 5) is 19.4. The van der Waals surface area contributed by atoms with E-state index in [9.17, 15) is 4.79 Å². The highest BCUT2D eigenvalue weighted by Crippen LogP contribution is 2.19. The van der Waals surface area contributed by atoms with Crippen LogP contribution in [-0.4, -0.2) is 15.8 Å². The lowest BCUT2D eigenvalue weighted by atomic mass is 10.1. The monoisotopic (exact) mass is 435 g/mol. The van der Waals surface area contributed by atoms with Gasteiger partial charge in [0.25, 0.3) is 0 Å². The largest absolute Gasteiger partial charge is 0.468 e. The molecule has 31 heavy (non-hydrogen) atoms. The fraction of sp³-hybridized carbons (Fsp3) is 0.250. The number of anilines is 1. The van der Waals surface area contributed by atoms with Crippen LogP contribution in [0.4, 0.5) is 5.69 Å². The molecule has 0 atom stereocenters. The molecule has 160 valence electrons. The zero-order valence-corrected chi connectivity index (χ0v) is 18.4. The number of aryl methyl sites for hydroxylation is 2. The van der Waals surface area contributed by atoms with Crippen molar-refractivity contribution < 1.29 is 13.6 Å². The van der Waals surface area contributed by atoms with E-state index in [0.29, 0.717) is 19.6 Å². The molecule has 0 saturated heterocycles. The Labute approximate surface area is 185 Å².